The van der Waals surface area contributed by atoms with Crippen LogP contribution in [0.5, 0.6) is 5.75 Å². The van der Waals surface area contributed by atoms with Gasteiger partial charge >= 0.3 is 0 Å². The van der Waals surface area contributed by atoms with Crippen LogP contribution in [-0.2, 0) is 14.4 Å². The van der Waals surface area contributed by atoms with Gasteiger partial charge in [-0.1, -0.05) is 36.4 Å². The summed E-state index contributed by atoms with van der Waals surface area (Å²) in [7, 11) is 1.49. The Morgan fingerprint density at radius 3 is 2.29 bits per heavy atom. The van der Waals surface area contributed by atoms with Crippen molar-refractivity contribution in [3.05, 3.63) is 76.4 Å². The van der Waals surface area contributed by atoms with E-state index in [1.54, 1.807) is 24.3 Å². The van der Waals surface area contributed by atoms with Gasteiger partial charge in [0, 0.05) is 12.1 Å². The van der Waals surface area contributed by atoms with Crippen molar-refractivity contribution in [2.45, 2.75) is 18.9 Å². The van der Waals surface area contributed by atoms with E-state index in [-0.39, 0.29) is 35.8 Å². The number of benzene rings is 2. The van der Waals surface area contributed by atoms with Crippen molar-refractivity contribution in [1.29, 1.82) is 0 Å². The third-order valence-electron chi connectivity index (χ3n) is 7.06. The summed E-state index contributed by atoms with van der Waals surface area (Å²) in [5, 5.41) is 13.9. The van der Waals surface area contributed by atoms with E-state index in [9.17, 15) is 24.5 Å². The molecule has 34 heavy (non-hydrogen) atoms. The van der Waals surface area contributed by atoms with Gasteiger partial charge in [0.2, 0.25) is 17.7 Å². The lowest BCUT2D eigenvalue weighted by Crippen LogP contribution is -2.38. The van der Waals surface area contributed by atoms with E-state index in [1.165, 1.54) is 36.3 Å². The molecule has 5 atom stereocenters. The zero-order chi connectivity index (χ0) is 24.0. The van der Waals surface area contributed by atoms with E-state index in [2.05, 4.69) is 5.32 Å². The van der Waals surface area contributed by atoms with Gasteiger partial charge < -0.3 is 10.1 Å². The minimum atomic E-state index is -0.875. The second-order valence-electron chi connectivity index (χ2n) is 8.86. The fourth-order valence-corrected chi connectivity index (χ4v) is 5.53. The van der Waals surface area contributed by atoms with Gasteiger partial charge in [-0.3, -0.25) is 29.4 Å². The van der Waals surface area contributed by atoms with Crippen LogP contribution < -0.4 is 10.1 Å². The minimum absolute atomic E-state index is 0.0383. The highest BCUT2D eigenvalue weighted by Gasteiger charge is 2.60. The molecule has 2 bridgehead atoms. The van der Waals surface area contributed by atoms with Crippen LogP contribution in [0.1, 0.15) is 24.4 Å². The van der Waals surface area contributed by atoms with Gasteiger partial charge in [0.05, 0.1) is 42.0 Å². The smallest absolute Gasteiger partial charge is 0.269 e. The Morgan fingerprint density at radius 2 is 1.71 bits per heavy atom. The number of non-ortho nitro benzene ring substituents is 1. The lowest BCUT2D eigenvalue weighted by atomic mass is 9.85. The fourth-order valence-electron chi connectivity index (χ4n) is 5.53. The van der Waals surface area contributed by atoms with Gasteiger partial charge in [-0.2, -0.15) is 0 Å². The number of amides is 3. The largest absolute Gasteiger partial charge is 0.495 e. The first kappa shape index (κ1) is 21.8. The molecule has 3 amide bonds. The molecule has 1 N–H and O–H groups in total. The number of carbonyl (C=O) groups excluding carboxylic acids is 3. The maximum atomic E-state index is 13.4. The third-order valence-corrected chi connectivity index (χ3v) is 7.06. The van der Waals surface area contributed by atoms with Gasteiger partial charge in [0.15, 0.2) is 0 Å². The molecule has 9 nitrogen and oxygen atoms in total. The Balaban J connectivity index is 1.45. The predicted molar refractivity (Wildman–Crippen MR) is 122 cm³/mol. The highest BCUT2D eigenvalue weighted by Crippen LogP contribution is 2.54. The Kier molecular flexibility index (Phi) is 5.39. The molecule has 2 aliphatic carbocycles. The Bertz CT molecular complexity index is 1180. The summed E-state index contributed by atoms with van der Waals surface area (Å²) in [5.74, 6) is -1.21. The highest BCUT2D eigenvalue weighted by atomic mass is 16.6. The van der Waals surface area contributed by atoms with Gasteiger partial charge in [-0.05, 0) is 36.0 Å². The Labute approximate surface area is 195 Å². The molecule has 0 radical (unpaired) electrons. The van der Waals surface area contributed by atoms with Crippen molar-refractivity contribution in [3.8, 4) is 5.75 Å². The summed E-state index contributed by atoms with van der Waals surface area (Å²) in [6.45, 7) is 0. The third kappa shape index (κ3) is 3.53. The summed E-state index contributed by atoms with van der Waals surface area (Å²) in [5.41, 5.74) is 0.845. The number of nitrogens with one attached hydrogen (secondary N) is 1. The number of methoxy groups -OCH3 is 1. The van der Waals surface area contributed by atoms with Crippen molar-refractivity contribution in [2.24, 2.45) is 23.7 Å². The lowest BCUT2D eigenvalue weighted by molar-refractivity contribution is -0.384. The van der Waals surface area contributed by atoms with Crippen LogP contribution in [0, 0.1) is 33.8 Å². The van der Waals surface area contributed by atoms with Crippen LogP contribution in [0.2, 0.25) is 0 Å². The zero-order valence-electron chi connectivity index (χ0n) is 18.4. The summed E-state index contributed by atoms with van der Waals surface area (Å²) in [4.78, 5) is 51.7. The second kappa shape index (κ2) is 8.40. The highest BCUT2D eigenvalue weighted by molar-refractivity contribution is 6.07. The number of nitro groups is 1. The number of allylic oxidation sites excluding steroid dienone is 2. The van der Waals surface area contributed by atoms with Crippen LogP contribution in [-0.4, -0.2) is 34.7 Å². The van der Waals surface area contributed by atoms with E-state index >= 15 is 0 Å². The first-order valence-corrected chi connectivity index (χ1v) is 11.1. The number of hydrogen-bond acceptors (Lipinski definition) is 6. The molecule has 3 aliphatic rings. The van der Waals surface area contributed by atoms with Crippen LogP contribution >= 0.6 is 0 Å². The van der Waals surface area contributed by atoms with Crippen molar-refractivity contribution in [1.82, 2.24) is 4.90 Å². The van der Waals surface area contributed by atoms with E-state index in [1.807, 2.05) is 12.2 Å². The van der Waals surface area contributed by atoms with Crippen molar-refractivity contribution in [3.63, 3.8) is 0 Å². The summed E-state index contributed by atoms with van der Waals surface area (Å²) in [6.07, 6.45) is 4.64. The maximum Gasteiger partial charge on any atom is 0.269 e. The molecular weight excluding hydrogens is 438 g/mol. The van der Waals surface area contributed by atoms with Crippen LogP contribution in [0.15, 0.2) is 60.7 Å². The monoisotopic (exact) mass is 461 g/mol. The Hall–Kier alpha value is -4.01. The molecule has 9 heteroatoms. The Morgan fingerprint density at radius 1 is 1.09 bits per heavy atom. The number of nitro benzene ring substituents is 1. The molecule has 1 saturated carbocycles. The maximum absolute atomic E-state index is 13.4. The topological polar surface area (TPSA) is 119 Å². The molecule has 2 aromatic carbocycles. The van der Waals surface area contributed by atoms with E-state index < -0.39 is 28.7 Å². The molecule has 1 saturated heterocycles. The molecule has 0 aromatic heterocycles. The fraction of sp³-hybridized carbons (Fsp3) is 0.320. The van der Waals surface area contributed by atoms with Crippen molar-refractivity contribution in [2.75, 3.05) is 12.4 Å². The normalized spacial score (nSPS) is 25.4. The number of likely N-dealkylation sites (tertiary alicyclic amines) is 1. The number of carbonyl (C=O) groups is 3. The van der Waals surface area contributed by atoms with Crippen LogP contribution in [0.25, 0.3) is 0 Å². The summed E-state index contributed by atoms with van der Waals surface area (Å²) >= 11 is 0. The second-order valence-corrected chi connectivity index (χ2v) is 8.86. The molecule has 1 heterocycles. The molecule has 2 fully saturated rings. The van der Waals surface area contributed by atoms with Gasteiger partial charge in [-0.15, -0.1) is 0 Å². The summed E-state index contributed by atoms with van der Waals surface area (Å²) < 4.78 is 5.28. The first-order valence-electron chi connectivity index (χ1n) is 11.1. The molecule has 5 rings (SSSR count). The molecule has 0 spiro atoms. The van der Waals surface area contributed by atoms with Crippen LogP contribution in [0.4, 0.5) is 11.4 Å². The number of ether oxygens (including phenoxy) is 1. The van der Waals surface area contributed by atoms with E-state index in [4.69, 9.17) is 4.74 Å². The van der Waals surface area contributed by atoms with Crippen LogP contribution in [0.3, 0.4) is 0 Å². The SMILES string of the molecule is COc1ccccc1NC(=O)CC(c1ccc([N+](=O)[O-])cc1)N1C(=O)C2C3C=CC(C3)C2C1=O. The minimum Gasteiger partial charge on any atom is -0.495 e. The van der Waals surface area contributed by atoms with E-state index in [0.717, 1.165) is 6.42 Å². The standard InChI is InChI=1S/C25H23N3O6/c1-34-20-5-3-2-4-18(20)26-21(29)13-19(14-8-10-17(11-9-14)28(32)33)27-24(30)22-15-6-7-16(12-15)23(22)25(27)31/h2-11,15-16,19,22-23H,12-13H2,1H3,(H,26,29). The number of imide groups is 1. The van der Waals surface area contributed by atoms with Crippen molar-refractivity contribution >= 4 is 29.1 Å². The average Bonchev–Trinajstić information content (AvgIpc) is 3.52. The predicted octanol–water partition coefficient (Wildman–Crippen LogP) is 3.48. The number of anilines is 1. The number of fused-ring (bicyclic) bond motifs is 5. The average molecular weight is 461 g/mol. The van der Waals surface area contributed by atoms with Crippen molar-refractivity contribution < 1.29 is 24.0 Å². The quantitative estimate of drug-likeness (QED) is 0.292. The van der Waals surface area contributed by atoms with Gasteiger partial charge in [0.25, 0.3) is 5.69 Å². The molecule has 5 unspecified atom stereocenters. The number of hydrogen-bond donors (Lipinski definition) is 1. The summed E-state index contributed by atoms with van der Waals surface area (Å²) in [6, 6.07) is 11.7. The molecule has 1 aliphatic heterocycles. The number of rotatable bonds is 7. The molecular formula is C25H23N3O6. The van der Waals surface area contributed by atoms with Gasteiger partial charge in [0.1, 0.15) is 5.75 Å². The zero-order valence-corrected chi connectivity index (χ0v) is 18.4. The number of nitrogens with zero attached hydrogens (tertiary/aromatic N) is 2. The molecule has 174 valence electrons. The molecule has 2 aromatic rings. The van der Waals surface area contributed by atoms with E-state index in [0.29, 0.717) is 17.0 Å². The first-order chi connectivity index (χ1) is 16.4. The lowest BCUT2D eigenvalue weighted by Gasteiger charge is -2.28. The van der Waals surface area contributed by atoms with Gasteiger partial charge in [-0.25, -0.2) is 0 Å². The number of para-hydroxylation sites is 2.